The highest BCUT2D eigenvalue weighted by molar-refractivity contribution is 5.31. The zero-order chi connectivity index (χ0) is 13.1. The number of rotatable bonds is 4. The average molecular weight is 237 g/mol. The van der Waals surface area contributed by atoms with Crippen molar-refractivity contribution in [1.29, 1.82) is 0 Å². The summed E-state index contributed by atoms with van der Waals surface area (Å²) in [5.41, 5.74) is 0.895. The molecule has 3 nitrogen and oxygen atoms in total. The minimum absolute atomic E-state index is 0.00784. The van der Waals surface area contributed by atoms with Crippen LogP contribution in [0.3, 0.4) is 0 Å². The van der Waals surface area contributed by atoms with Gasteiger partial charge in [-0.3, -0.25) is 4.90 Å². The van der Waals surface area contributed by atoms with Crippen molar-refractivity contribution >= 4 is 0 Å². The maximum absolute atomic E-state index is 9.73. The minimum Gasteiger partial charge on any atom is -0.508 e. The number of benzene rings is 1. The second-order valence-electron chi connectivity index (χ2n) is 5.61. The molecule has 1 rings (SSSR count). The number of phenolic OH excluding ortho intramolecular Hbond substituents is 1. The Hall–Kier alpha value is -1.06. The van der Waals surface area contributed by atoms with Gasteiger partial charge in [0.05, 0.1) is 6.61 Å². The van der Waals surface area contributed by atoms with E-state index in [2.05, 4.69) is 25.7 Å². The summed E-state index contributed by atoms with van der Waals surface area (Å²) in [6, 6.07) is 7.39. The number of aliphatic hydroxyl groups is 1. The van der Waals surface area contributed by atoms with Crippen molar-refractivity contribution in [2.24, 2.45) is 5.41 Å². The third-order valence-electron chi connectivity index (χ3n) is 3.12. The van der Waals surface area contributed by atoms with Crippen LogP contribution in [0.4, 0.5) is 0 Å². The largest absolute Gasteiger partial charge is 0.508 e. The maximum Gasteiger partial charge on any atom is 0.120 e. The molecule has 0 saturated heterocycles. The van der Waals surface area contributed by atoms with Crippen molar-refractivity contribution in [3.8, 4) is 5.75 Å². The normalized spacial score (nSPS) is 14.0. The molecule has 1 unspecified atom stereocenters. The predicted octanol–water partition coefficient (Wildman–Crippen LogP) is 2.23. The fraction of sp³-hybridized carbons (Fsp3) is 0.571. The van der Waals surface area contributed by atoms with E-state index in [0.29, 0.717) is 12.3 Å². The Balaban J connectivity index is 2.78. The fourth-order valence-corrected chi connectivity index (χ4v) is 2.10. The van der Waals surface area contributed by atoms with Gasteiger partial charge in [-0.2, -0.15) is 0 Å². The standard InChI is InChI=1S/C14H23NO2/c1-14(2,3)13(10-16)15(4)9-11-7-5-6-8-12(11)17/h5-8,13,16-17H,9-10H2,1-4H3. The fourth-order valence-electron chi connectivity index (χ4n) is 2.10. The molecule has 17 heavy (non-hydrogen) atoms. The van der Waals surface area contributed by atoms with Crippen molar-refractivity contribution in [1.82, 2.24) is 4.90 Å². The lowest BCUT2D eigenvalue weighted by Gasteiger charge is -2.36. The summed E-state index contributed by atoms with van der Waals surface area (Å²) in [5, 5.41) is 19.2. The Morgan fingerprint density at radius 1 is 1.24 bits per heavy atom. The van der Waals surface area contributed by atoms with E-state index in [4.69, 9.17) is 0 Å². The average Bonchev–Trinajstić information content (AvgIpc) is 2.20. The van der Waals surface area contributed by atoms with Gasteiger partial charge in [0.2, 0.25) is 0 Å². The summed E-state index contributed by atoms with van der Waals surface area (Å²) in [6.45, 7) is 7.07. The quantitative estimate of drug-likeness (QED) is 0.844. The van der Waals surface area contributed by atoms with E-state index in [1.54, 1.807) is 6.07 Å². The maximum atomic E-state index is 9.73. The third kappa shape index (κ3) is 3.72. The van der Waals surface area contributed by atoms with E-state index in [1.165, 1.54) is 0 Å². The van der Waals surface area contributed by atoms with Gasteiger partial charge in [0, 0.05) is 18.2 Å². The van der Waals surface area contributed by atoms with Crippen LogP contribution >= 0.6 is 0 Å². The molecule has 2 N–H and O–H groups in total. The molecule has 0 saturated carbocycles. The van der Waals surface area contributed by atoms with E-state index in [1.807, 2.05) is 25.2 Å². The lowest BCUT2D eigenvalue weighted by atomic mass is 9.86. The van der Waals surface area contributed by atoms with Crippen LogP contribution < -0.4 is 0 Å². The van der Waals surface area contributed by atoms with Gasteiger partial charge in [-0.25, -0.2) is 0 Å². The Morgan fingerprint density at radius 2 is 1.82 bits per heavy atom. The van der Waals surface area contributed by atoms with Crippen molar-refractivity contribution in [3.05, 3.63) is 29.8 Å². The van der Waals surface area contributed by atoms with E-state index < -0.39 is 0 Å². The molecule has 1 aromatic carbocycles. The first kappa shape index (κ1) is 14.0. The number of hydrogen-bond donors (Lipinski definition) is 2. The number of phenols is 1. The molecule has 96 valence electrons. The Morgan fingerprint density at radius 3 is 2.29 bits per heavy atom. The number of para-hydroxylation sites is 1. The zero-order valence-corrected chi connectivity index (χ0v) is 11.1. The summed E-state index contributed by atoms with van der Waals surface area (Å²) in [5.74, 6) is 0.310. The summed E-state index contributed by atoms with van der Waals surface area (Å²) in [7, 11) is 1.97. The lowest BCUT2D eigenvalue weighted by Crippen LogP contribution is -2.43. The highest BCUT2D eigenvalue weighted by Gasteiger charge is 2.27. The SMILES string of the molecule is CN(Cc1ccccc1O)C(CO)C(C)(C)C. The van der Waals surface area contributed by atoms with Gasteiger partial charge in [0.15, 0.2) is 0 Å². The van der Waals surface area contributed by atoms with Crippen LogP contribution in [0.25, 0.3) is 0 Å². The van der Waals surface area contributed by atoms with Crippen molar-refractivity contribution in [3.63, 3.8) is 0 Å². The van der Waals surface area contributed by atoms with E-state index >= 15 is 0 Å². The zero-order valence-electron chi connectivity index (χ0n) is 11.1. The molecule has 0 bridgehead atoms. The molecule has 0 heterocycles. The molecule has 0 aliphatic rings. The topological polar surface area (TPSA) is 43.7 Å². The van der Waals surface area contributed by atoms with Gasteiger partial charge in [-0.1, -0.05) is 39.0 Å². The molecule has 1 atom stereocenters. The monoisotopic (exact) mass is 237 g/mol. The lowest BCUT2D eigenvalue weighted by molar-refractivity contribution is 0.0609. The van der Waals surface area contributed by atoms with Crippen molar-refractivity contribution in [2.75, 3.05) is 13.7 Å². The summed E-state index contributed by atoms with van der Waals surface area (Å²) in [4.78, 5) is 2.08. The minimum atomic E-state index is 0.00784. The van der Waals surface area contributed by atoms with Crippen LogP contribution in [0.2, 0.25) is 0 Å². The highest BCUT2D eigenvalue weighted by atomic mass is 16.3. The first-order chi connectivity index (χ1) is 7.86. The van der Waals surface area contributed by atoms with Crippen LogP contribution in [0.1, 0.15) is 26.3 Å². The summed E-state index contributed by atoms with van der Waals surface area (Å²) < 4.78 is 0. The molecule has 3 heteroatoms. The van der Waals surface area contributed by atoms with Gasteiger partial charge in [-0.05, 0) is 18.5 Å². The molecule has 0 fully saturated rings. The first-order valence-electron chi connectivity index (χ1n) is 5.94. The Kier molecular flexibility index (Phi) is 4.54. The van der Waals surface area contributed by atoms with Crippen LogP contribution in [0.15, 0.2) is 24.3 Å². The van der Waals surface area contributed by atoms with E-state index in [9.17, 15) is 10.2 Å². The Bertz CT molecular complexity index is 357. The van der Waals surface area contributed by atoms with Crippen molar-refractivity contribution in [2.45, 2.75) is 33.4 Å². The smallest absolute Gasteiger partial charge is 0.120 e. The number of aliphatic hydroxyl groups excluding tert-OH is 1. The van der Waals surface area contributed by atoms with E-state index in [-0.39, 0.29) is 18.1 Å². The third-order valence-corrected chi connectivity index (χ3v) is 3.12. The van der Waals surface area contributed by atoms with Crippen LogP contribution in [0, 0.1) is 5.41 Å². The first-order valence-corrected chi connectivity index (χ1v) is 5.94. The second-order valence-corrected chi connectivity index (χ2v) is 5.61. The molecule has 0 aliphatic heterocycles. The molecule has 0 aromatic heterocycles. The van der Waals surface area contributed by atoms with Crippen LogP contribution in [-0.4, -0.2) is 34.8 Å². The molecule has 0 aliphatic carbocycles. The number of aromatic hydroxyl groups is 1. The Labute approximate surface area is 104 Å². The van der Waals surface area contributed by atoms with E-state index in [0.717, 1.165) is 5.56 Å². The molecule has 0 spiro atoms. The molecule has 0 radical (unpaired) electrons. The molecule has 1 aromatic rings. The van der Waals surface area contributed by atoms with Crippen LogP contribution in [-0.2, 0) is 6.54 Å². The predicted molar refractivity (Wildman–Crippen MR) is 69.9 cm³/mol. The second kappa shape index (κ2) is 5.52. The van der Waals surface area contributed by atoms with Crippen LogP contribution in [0.5, 0.6) is 5.75 Å². The van der Waals surface area contributed by atoms with Gasteiger partial charge in [-0.15, -0.1) is 0 Å². The van der Waals surface area contributed by atoms with Gasteiger partial charge in [0.1, 0.15) is 5.75 Å². The highest BCUT2D eigenvalue weighted by Crippen LogP contribution is 2.26. The number of likely N-dealkylation sites (N-methyl/N-ethyl adjacent to an activating group) is 1. The molecular weight excluding hydrogens is 214 g/mol. The van der Waals surface area contributed by atoms with Gasteiger partial charge >= 0.3 is 0 Å². The number of nitrogens with zero attached hydrogens (tertiary/aromatic N) is 1. The summed E-state index contributed by atoms with van der Waals surface area (Å²) >= 11 is 0. The van der Waals surface area contributed by atoms with Gasteiger partial charge < -0.3 is 10.2 Å². The number of hydrogen-bond acceptors (Lipinski definition) is 3. The molecule has 0 amide bonds. The van der Waals surface area contributed by atoms with Gasteiger partial charge in [0.25, 0.3) is 0 Å². The molecular formula is C14H23NO2. The van der Waals surface area contributed by atoms with Crippen molar-refractivity contribution < 1.29 is 10.2 Å². The summed E-state index contributed by atoms with van der Waals surface area (Å²) in [6.07, 6.45) is 0.